The van der Waals surface area contributed by atoms with E-state index in [1.807, 2.05) is 52.0 Å². The Hall–Kier alpha value is -1.55. The molecule has 0 heterocycles. The summed E-state index contributed by atoms with van der Waals surface area (Å²) >= 11 is 0. The summed E-state index contributed by atoms with van der Waals surface area (Å²) in [5.41, 5.74) is 0.903. The predicted molar refractivity (Wildman–Crippen MR) is 140 cm³/mol. The van der Waals surface area contributed by atoms with Crippen LogP contribution in [0.1, 0.15) is 54.4 Å². The average Bonchev–Trinajstić information content (AvgIpc) is 2.64. The molecular weight excluding hydrogens is 507 g/mol. The Balaban J connectivity index is 0.00000900. The molecule has 0 aliphatic heterocycles. The number of guanidine groups is 1. The van der Waals surface area contributed by atoms with Gasteiger partial charge in [0.1, 0.15) is 5.75 Å². The Kier molecular flexibility index (Phi) is 16.2. The fourth-order valence-corrected chi connectivity index (χ4v) is 2.53. The smallest absolute Gasteiger partial charge is 0.221 e. The molecule has 0 unspecified atom stereocenters. The first-order valence-corrected chi connectivity index (χ1v) is 11.0. The molecule has 178 valence electrons. The van der Waals surface area contributed by atoms with E-state index < -0.39 is 0 Å². The summed E-state index contributed by atoms with van der Waals surface area (Å²) in [4.78, 5) is 16.5. The summed E-state index contributed by atoms with van der Waals surface area (Å²) in [6.45, 7) is 14.8. The quantitative estimate of drug-likeness (QED) is 0.147. The average molecular weight is 549 g/mol. The van der Waals surface area contributed by atoms with Crippen molar-refractivity contribution in [1.29, 1.82) is 0 Å². The maximum atomic E-state index is 11.9. The topological polar surface area (TPSA) is 84.0 Å². The lowest BCUT2D eigenvalue weighted by molar-refractivity contribution is -0.121. The van der Waals surface area contributed by atoms with E-state index in [-0.39, 0.29) is 42.0 Å². The zero-order chi connectivity index (χ0) is 22.4. The SMILES string of the molecule is CC(C)COCCCN=C(NCCC(=O)NC(C)C)Nc1ccc(OC(C)C)cc1.I. The van der Waals surface area contributed by atoms with Crippen LogP contribution in [0.3, 0.4) is 0 Å². The summed E-state index contributed by atoms with van der Waals surface area (Å²) in [5.74, 6) is 2.03. The highest BCUT2D eigenvalue weighted by Crippen LogP contribution is 2.16. The molecule has 0 saturated carbocycles. The van der Waals surface area contributed by atoms with Crippen LogP contribution in [0, 0.1) is 5.92 Å². The van der Waals surface area contributed by atoms with Crippen molar-refractivity contribution in [3.05, 3.63) is 24.3 Å². The molecular formula is C23H41IN4O3. The molecule has 0 saturated heterocycles. The molecule has 0 aromatic heterocycles. The Morgan fingerprint density at radius 2 is 1.74 bits per heavy atom. The van der Waals surface area contributed by atoms with Gasteiger partial charge in [-0.15, -0.1) is 24.0 Å². The minimum absolute atomic E-state index is 0. The van der Waals surface area contributed by atoms with E-state index >= 15 is 0 Å². The Labute approximate surface area is 205 Å². The van der Waals surface area contributed by atoms with Crippen molar-refractivity contribution in [2.45, 2.75) is 66.5 Å². The molecule has 8 heteroatoms. The van der Waals surface area contributed by atoms with Crippen LogP contribution in [-0.4, -0.2) is 50.3 Å². The molecule has 0 aliphatic carbocycles. The summed E-state index contributed by atoms with van der Waals surface area (Å²) in [7, 11) is 0. The Morgan fingerprint density at radius 1 is 1.06 bits per heavy atom. The van der Waals surface area contributed by atoms with Crippen LogP contribution in [-0.2, 0) is 9.53 Å². The third-order valence-corrected chi connectivity index (χ3v) is 3.75. The summed E-state index contributed by atoms with van der Waals surface area (Å²) in [5, 5.41) is 9.42. The van der Waals surface area contributed by atoms with E-state index in [1.165, 1.54) is 0 Å². The molecule has 0 aliphatic rings. The van der Waals surface area contributed by atoms with Gasteiger partial charge in [-0.2, -0.15) is 0 Å². The van der Waals surface area contributed by atoms with Gasteiger partial charge in [-0.3, -0.25) is 9.79 Å². The molecule has 1 amide bonds. The van der Waals surface area contributed by atoms with E-state index in [0.717, 1.165) is 24.5 Å². The number of nitrogens with one attached hydrogen (secondary N) is 3. The van der Waals surface area contributed by atoms with Gasteiger partial charge in [0, 0.05) is 44.5 Å². The Morgan fingerprint density at radius 3 is 2.32 bits per heavy atom. The normalized spacial score (nSPS) is 11.5. The van der Waals surface area contributed by atoms with E-state index in [2.05, 4.69) is 34.8 Å². The number of carbonyl (C=O) groups excluding carboxylic acids is 1. The number of anilines is 1. The van der Waals surface area contributed by atoms with Crippen LogP contribution in [0.2, 0.25) is 0 Å². The van der Waals surface area contributed by atoms with Gasteiger partial charge in [-0.25, -0.2) is 0 Å². The molecule has 0 bridgehead atoms. The first-order chi connectivity index (χ1) is 14.3. The van der Waals surface area contributed by atoms with Gasteiger partial charge in [0.25, 0.3) is 0 Å². The maximum Gasteiger partial charge on any atom is 0.221 e. The number of hydrogen-bond donors (Lipinski definition) is 3. The number of benzene rings is 1. The van der Waals surface area contributed by atoms with Crippen molar-refractivity contribution in [2.24, 2.45) is 10.9 Å². The molecule has 0 fully saturated rings. The number of halogens is 1. The van der Waals surface area contributed by atoms with Crippen LogP contribution < -0.4 is 20.7 Å². The van der Waals surface area contributed by atoms with Gasteiger partial charge < -0.3 is 25.4 Å². The van der Waals surface area contributed by atoms with Crippen molar-refractivity contribution in [3.63, 3.8) is 0 Å². The lowest BCUT2D eigenvalue weighted by Crippen LogP contribution is -2.36. The lowest BCUT2D eigenvalue weighted by Gasteiger charge is -2.15. The number of hydrogen-bond acceptors (Lipinski definition) is 4. The van der Waals surface area contributed by atoms with Gasteiger partial charge in [-0.05, 0) is 64.3 Å². The fourth-order valence-electron chi connectivity index (χ4n) is 2.53. The predicted octanol–water partition coefficient (Wildman–Crippen LogP) is 4.43. The first kappa shape index (κ1) is 29.5. The minimum Gasteiger partial charge on any atom is -0.491 e. The summed E-state index contributed by atoms with van der Waals surface area (Å²) < 4.78 is 11.3. The van der Waals surface area contributed by atoms with Crippen molar-refractivity contribution in [3.8, 4) is 5.75 Å². The number of aliphatic imine (C=N–C) groups is 1. The van der Waals surface area contributed by atoms with Gasteiger partial charge in [0.2, 0.25) is 5.91 Å². The van der Waals surface area contributed by atoms with Gasteiger partial charge >= 0.3 is 0 Å². The zero-order valence-corrected chi connectivity index (χ0v) is 22.2. The second-order valence-corrected chi connectivity index (χ2v) is 8.27. The minimum atomic E-state index is 0. The lowest BCUT2D eigenvalue weighted by atomic mass is 10.2. The highest BCUT2D eigenvalue weighted by Gasteiger charge is 2.06. The standard InChI is InChI=1S/C23H40N4O3.HI/c1-17(2)16-29-15-7-13-24-23(25-14-12-22(28)26-18(3)4)27-20-8-10-21(11-9-20)30-19(5)6;/h8-11,17-19H,7,12-16H2,1-6H3,(H,26,28)(H2,24,25,27);1H. The van der Waals surface area contributed by atoms with E-state index in [4.69, 9.17) is 9.47 Å². The van der Waals surface area contributed by atoms with Gasteiger partial charge in [0.15, 0.2) is 5.96 Å². The number of carbonyl (C=O) groups is 1. The van der Waals surface area contributed by atoms with Crippen LogP contribution in [0.15, 0.2) is 29.3 Å². The molecule has 0 spiro atoms. The van der Waals surface area contributed by atoms with Crippen LogP contribution in [0.4, 0.5) is 5.69 Å². The van der Waals surface area contributed by atoms with E-state index in [1.54, 1.807) is 0 Å². The highest BCUT2D eigenvalue weighted by atomic mass is 127. The van der Waals surface area contributed by atoms with Gasteiger partial charge in [-0.1, -0.05) is 13.8 Å². The van der Waals surface area contributed by atoms with E-state index in [0.29, 0.717) is 38.0 Å². The molecule has 1 rings (SSSR count). The van der Waals surface area contributed by atoms with Crippen LogP contribution >= 0.6 is 24.0 Å². The zero-order valence-electron chi connectivity index (χ0n) is 19.9. The number of ether oxygens (including phenoxy) is 2. The maximum absolute atomic E-state index is 11.9. The monoisotopic (exact) mass is 548 g/mol. The molecule has 1 aromatic carbocycles. The van der Waals surface area contributed by atoms with E-state index in [9.17, 15) is 4.79 Å². The molecule has 0 radical (unpaired) electrons. The third-order valence-electron chi connectivity index (χ3n) is 3.75. The number of rotatable bonds is 13. The van der Waals surface area contributed by atoms with Crippen molar-refractivity contribution in [2.75, 3.05) is 31.6 Å². The molecule has 3 N–H and O–H groups in total. The first-order valence-electron chi connectivity index (χ1n) is 11.0. The largest absolute Gasteiger partial charge is 0.491 e. The second kappa shape index (κ2) is 17.1. The van der Waals surface area contributed by atoms with Gasteiger partial charge in [0.05, 0.1) is 6.10 Å². The molecule has 7 nitrogen and oxygen atoms in total. The molecule has 0 atom stereocenters. The van der Waals surface area contributed by atoms with Crippen LogP contribution in [0.5, 0.6) is 5.75 Å². The molecule has 1 aromatic rings. The Bertz CT molecular complexity index is 634. The summed E-state index contributed by atoms with van der Waals surface area (Å²) in [6, 6.07) is 7.89. The molecule has 31 heavy (non-hydrogen) atoms. The van der Waals surface area contributed by atoms with Crippen molar-refractivity contribution >= 4 is 41.5 Å². The fraction of sp³-hybridized carbons (Fsp3) is 0.652. The third kappa shape index (κ3) is 15.8. The second-order valence-electron chi connectivity index (χ2n) is 8.27. The highest BCUT2D eigenvalue weighted by molar-refractivity contribution is 14.0. The van der Waals surface area contributed by atoms with Crippen molar-refractivity contribution in [1.82, 2.24) is 10.6 Å². The van der Waals surface area contributed by atoms with Crippen LogP contribution in [0.25, 0.3) is 0 Å². The summed E-state index contributed by atoms with van der Waals surface area (Å²) in [6.07, 6.45) is 1.36. The number of amides is 1. The van der Waals surface area contributed by atoms with Crippen molar-refractivity contribution < 1.29 is 14.3 Å². The number of nitrogens with zero attached hydrogens (tertiary/aromatic N) is 1.